The van der Waals surface area contributed by atoms with E-state index in [9.17, 15) is 17.6 Å². The molecule has 1 aliphatic heterocycles. The van der Waals surface area contributed by atoms with Gasteiger partial charge in [-0.05, 0) is 29.3 Å². The van der Waals surface area contributed by atoms with Crippen LogP contribution in [0.25, 0.3) is 11.1 Å². The van der Waals surface area contributed by atoms with Crippen LogP contribution in [0.2, 0.25) is 0 Å². The first-order valence-corrected chi connectivity index (χ1v) is 9.98. The van der Waals surface area contributed by atoms with E-state index >= 15 is 0 Å². The van der Waals surface area contributed by atoms with Crippen LogP contribution < -0.4 is 4.90 Å². The van der Waals surface area contributed by atoms with Crippen molar-refractivity contribution in [1.82, 2.24) is 0 Å². The van der Waals surface area contributed by atoms with E-state index in [4.69, 9.17) is 9.84 Å². The summed E-state index contributed by atoms with van der Waals surface area (Å²) < 4.78 is 42.1. The van der Waals surface area contributed by atoms with Crippen LogP contribution in [0.3, 0.4) is 0 Å². The predicted octanol–water partition coefficient (Wildman–Crippen LogP) is 2.35. The molecule has 2 aromatic rings. The van der Waals surface area contributed by atoms with Crippen molar-refractivity contribution >= 4 is 21.6 Å². The predicted molar refractivity (Wildman–Crippen MR) is 95.1 cm³/mol. The number of aliphatic hydroxyl groups excluding tert-OH is 1. The lowest BCUT2D eigenvalue weighted by Crippen LogP contribution is -2.25. The topological polar surface area (TPSA) is 83.9 Å². The van der Waals surface area contributed by atoms with Gasteiger partial charge in [0.2, 0.25) is 0 Å². The molecule has 0 aromatic heterocycles. The van der Waals surface area contributed by atoms with Gasteiger partial charge < -0.3 is 9.84 Å². The van der Waals surface area contributed by atoms with E-state index in [1.165, 1.54) is 11.0 Å². The summed E-state index contributed by atoms with van der Waals surface area (Å²) in [7, 11) is -3.13. The van der Waals surface area contributed by atoms with Gasteiger partial charge in [-0.15, -0.1) is 0 Å². The number of sulfone groups is 1. The maximum atomic E-state index is 14.5. The summed E-state index contributed by atoms with van der Waals surface area (Å²) in [6, 6.07) is 11.0. The zero-order valence-electron chi connectivity index (χ0n) is 14.1. The van der Waals surface area contributed by atoms with Crippen molar-refractivity contribution in [3.63, 3.8) is 0 Å². The van der Waals surface area contributed by atoms with Crippen molar-refractivity contribution in [1.29, 1.82) is 0 Å². The van der Waals surface area contributed by atoms with E-state index in [-0.39, 0.29) is 18.9 Å². The van der Waals surface area contributed by atoms with Crippen LogP contribution in [0.5, 0.6) is 0 Å². The zero-order chi connectivity index (χ0) is 18.9. The van der Waals surface area contributed by atoms with Gasteiger partial charge in [0.1, 0.15) is 11.9 Å². The van der Waals surface area contributed by atoms with E-state index in [0.29, 0.717) is 22.4 Å². The van der Waals surface area contributed by atoms with E-state index in [1.54, 1.807) is 36.4 Å². The first kappa shape index (κ1) is 18.3. The Morgan fingerprint density at radius 1 is 1.23 bits per heavy atom. The monoisotopic (exact) mass is 379 g/mol. The molecule has 138 valence electrons. The van der Waals surface area contributed by atoms with Crippen molar-refractivity contribution in [2.45, 2.75) is 11.9 Å². The highest BCUT2D eigenvalue weighted by atomic mass is 32.2. The van der Waals surface area contributed by atoms with Crippen molar-refractivity contribution < 1.29 is 27.4 Å². The quantitative estimate of drug-likeness (QED) is 0.862. The van der Waals surface area contributed by atoms with Crippen LogP contribution in [0.4, 0.5) is 14.9 Å². The second kappa shape index (κ2) is 7.05. The number of amides is 1. The summed E-state index contributed by atoms with van der Waals surface area (Å²) in [6.45, 7) is -0.128. The van der Waals surface area contributed by atoms with Gasteiger partial charge in [-0.3, -0.25) is 4.90 Å². The minimum Gasteiger partial charge on any atom is -0.441 e. The molecule has 6 nitrogen and oxygen atoms in total. The van der Waals surface area contributed by atoms with Crippen molar-refractivity contribution in [2.24, 2.45) is 0 Å². The molecular weight excluding hydrogens is 361 g/mol. The zero-order valence-corrected chi connectivity index (χ0v) is 14.9. The van der Waals surface area contributed by atoms with Crippen molar-refractivity contribution in [2.75, 3.05) is 24.3 Å². The number of carbonyl (C=O) groups excluding carboxylic acids is 1. The first-order valence-electron chi connectivity index (χ1n) is 7.92. The molecule has 8 heteroatoms. The summed E-state index contributed by atoms with van der Waals surface area (Å²) in [6.07, 6.45) is -0.0850. The molecule has 2 aromatic carbocycles. The SMILES string of the molecule is CS(=O)(=O)Cc1ccc(-c2ccc(N3C[C@H](CO)OC3=O)cc2F)cc1. The number of cyclic esters (lactones) is 1. The summed E-state index contributed by atoms with van der Waals surface area (Å²) in [5, 5.41) is 9.07. The molecule has 0 unspecified atom stereocenters. The van der Waals surface area contributed by atoms with Gasteiger partial charge in [0, 0.05) is 11.8 Å². The molecule has 1 N–H and O–H groups in total. The minimum atomic E-state index is -3.13. The molecule has 0 aliphatic carbocycles. The van der Waals surface area contributed by atoms with Gasteiger partial charge in [-0.2, -0.15) is 0 Å². The number of halogens is 1. The lowest BCUT2D eigenvalue weighted by molar-refractivity contribution is 0.0963. The molecule has 0 spiro atoms. The van der Waals surface area contributed by atoms with Crippen LogP contribution >= 0.6 is 0 Å². The molecule has 1 fully saturated rings. The summed E-state index contributed by atoms with van der Waals surface area (Å²) in [5.74, 6) is -0.587. The van der Waals surface area contributed by atoms with Crippen LogP contribution in [0, 0.1) is 5.82 Å². The van der Waals surface area contributed by atoms with Gasteiger partial charge in [0.15, 0.2) is 9.84 Å². The number of carbonyl (C=O) groups is 1. The number of hydrogen-bond acceptors (Lipinski definition) is 5. The number of nitrogens with zero attached hydrogens (tertiary/aromatic N) is 1. The Morgan fingerprint density at radius 2 is 1.92 bits per heavy atom. The molecule has 1 atom stereocenters. The number of rotatable bonds is 5. The number of anilines is 1. The second-order valence-electron chi connectivity index (χ2n) is 6.23. The second-order valence-corrected chi connectivity index (χ2v) is 8.37. The fourth-order valence-corrected chi connectivity index (χ4v) is 3.61. The van der Waals surface area contributed by atoms with E-state index in [1.807, 2.05) is 0 Å². The molecule has 1 heterocycles. The third kappa shape index (κ3) is 4.03. The number of hydrogen-bond donors (Lipinski definition) is 1. The molecule has 1 aliphatic rings. The molecule has 1 amide bonds. The lowest BCUT2D eigenvalue weighted by atomic mass is 10.0. The Hall–Kier alpha value is -2.45. The molecule has 3 rings (SSSR count). The molecule has 1 saturated heterocycles. The molecule has 0 radical (unpaired) electrons. The van der Waals surface area contributed by atoms with Gasteiger partial charge >= 0.3 is 6.09 Å². The highest BCUT2D eigenvalue weighted by molar-refractivity contribution is 7.89. The van der Waals surface area contributed by atoms with Gasteiger partial charge in [0.25, 0.3) is 0 Å². The Balaban J connectivity index is 1.83. The number of benzene rings is 2. The number of ether oxygens (including phenoxy) is 1. The summed E-state index contributed by atoms with van der Waals surface area (Å²) >= 11 is 0. The Kier molecular flexibility index (Phi) is 4.97. The Bertz CT molecular complexity index is 927. The van der Waals surface area contributed by atoms with Gasteiger partial charge in [0.05, 0.1) is 24.6 Å². The van der Waals surface area contributed by atoms with Crippen molar-refractivity contribution in [3.8, 4) is 11.1 Å². The van der Waals surface area contributed by atoms with Gasteiger partial charge in [-0.25, -0.2) is 17.6 Å². The van der Waals surface area contributed by atoms with Crippen LogP contribution in [-0.4, -0.2) is 45.1 Å². The fraction of sp³-hybridized carbons (Fsp3) is 0.278. The first-order chi connectivity index (χ1) is 12.3. The van der Waals surface area contributed by atoms with E-state index in [2.05, 4.69) is 0 Å². The summed E-state index contributed by atoms with van der Waals surface area (Å²) in [4.78, 5) is 13.0. The average Bonchev–Trinajstić information content (AvgIpc) is 2.95. The maximum Gasteiger partial charge on any atom is 0.414 e. The van der Waals surface area contributed by atoms with Crippen LogP contribution in [0.1, 0.15) is 5.56 Å². The Labute approximate surface area is 150 Å². The normalized spacial score (nSPS) is 17.4. The van der Waals surface area contributed by atoms with Crippen LogP contribution in [0.15, 0.2) is 42.5 Å². The largest absolute Gasteiger partial charge is 0.441 e. The molecular formula is C18H18FNO5S. The standard InChI is InChI=1S/C18H18FNO5S/c1-26(23,24)11-12-2-4-13(5-3-12)16-7-6-14(8-17(16)19)20-9-15(10-21)25-18(20)22/h2-8,15,21H,9-11H2,1H3/t15-/m1/s1. The van der Waals surface area contributed by atoms with Crippen LogP contribution in [-0.2, 0) is 20.3 Å². The number of aliphatic hydroxyl groups is 1. The molecule has 0 saturated carbocycles. The maximum absolute atomic E-state index is 14.5. The van der Waals surface area contributed by atoms with E-state index in [0.717, 1.165) is 6.26 Å². The summed E-state index contributed by atoms with van der Waals surface area (Å²) in [5.41, 5.74) is 1.92. The third-order valence-corrected chi connectivity index (χ3v) is 4.89. The average molecular weight is 379 g/mol. The van der Waals surface area contributed by atoms with Crippen molar-refractivity contribution in [3.05, 3.63) is 53.8 Å². The smallest absolute Gasteiger partial charge is 0.414 e. The lowest BCUT2D eigenvalue weighted by Gasteiger charge is -2.14. The van der Waals surface area contributed by atoms with E-state index < -0.39 is 27.9 Å². The van der Waals surface area contributed by atoms with Gasteiger partial charge in [-0.1, -0.05) is 24.3 Å². The molecule has 26 heavy (non-hydrogen) atoms. The Morgan fingerprint density at radius 3 is 2.46 bits per heavy atom. The molecule has 0 bridgehead atoms. The highest BCUT2D eigenvalue weighted by Crippen LogP contribution is 2.29. The fourth-order valence-electron chi connectivity index (χ4n) is 2.82. The highest BCUT2D eigenvalue weighted by Gasteiger charge is 2.32. The third-order valence-electron chi connectivity index (χ3n) is 4.04. The minimum absolute atomic E-state index is 0.0716.